The second-order valence-electron chi connectivity index (χ2n) is 6.31. The van der Waals surface area contributed by atoms with Crippen LogP contribution >= 0.6 is 15.9 Å². The van der Waals surface area contributed by atoms with Crippen molar-refractivity contribution in [3.63, 3.8) is 0 Å². The average Bonchev–Trinajstić information content (AvgIpc) is 2.26. The Morgan fingerprint density at radius 3 is 1.95 bits per heavy atom. The van der Waals surface area contributed by atoms with Crippen LogP contribution in [0, 0.1) is 23.6 Å². The monoisotopic (exact) mass is 324 g/mol. The summed E-state index contributed by atoms with van der Waals surface area (Å²) in [5, 5.41) is 0. The second-order valence-corrected chi connectivity index (χ2v) is 7.48. The van der Waals surface area contributed by atoms with Gasteiger partial charge in [0.05, 0.1) is 0 Å². The molecule has 1 aromatic carbocycles. The van der Waals surface area contributed by atoms with Crippen LogP contribution in [0.15, 0.2) is 24.3 Å². The standard InChI is InChI=1S/C17H22BrF/c18-16(11-12-7-9-15(19)10-8-12)17(13-3-1-4-13)14-5-2-6-14/h7-10,13-14,16-17H,1-6,11H2. The first-order valence-corrected chi connectivity index (χ1v) is 8.54. The van der Waals surface area contributed by atoms with Crippen molar-refractivity contribution in [2.24, 2.45) is 17.8 Å². The van der Waals surface area contributed by atoms with Gasteiger partial charge in [0.25, 0.3) is 0 Å². The number of hydrogen-bond donors (Lipinski definition) is 0. The molecule has 2 fully saturated rings. The van der Waals surface area contributed by atoms with Crippen molar-refractivity contribution in [2.75, 3.05) is 0 Å². The van der Waals surface area contributed by atoms with E-state index in [9.17, 15) is 4.39 Å². The fourth-order valence-corrected chi connectivity index (χ4v) is 4.84. The number of halogens is 2. The molecular formula is C17H22BrF. The van der Waals surface area contributed by atoms with Gasteiger partial charge in [-0.1, -0.05) is 66.6 Å². The molecule has 2 saturated carbocycles. The maximum atomic E-state index is 13.0. The highest BCUT2D eigenvalue weighted by atomic mass is 79.9. The van der Waals surface area contributed by atoms with E-state index in [1.165, 1.54) is 44.1 Å². The molecule has 0 spiro atoms. The van der Waals surface area contributed by atoms with E-state index in [0.29, 0.717) is 4.83 Å². The molecule has 104 valence electrons. The lowest BCUT2D eigenvalue weighted by molar-refractivity contribution is 0.0919. The predicted octanol–water partition coefficient (Wildman–Crippen LogP) is 5.35. The van der Waals surface area contributed by atoms with E-state index in [4.69, 9.17) is 0 Å². The minimum absolute atomic E-state index is 0.135. The maximum Gasteiger partial charge on any atom is 0.123 e. The van der Waals surface area contributed by atoms with Crippen molar-refractivity contribution in [2.45, 2.75) is 49.8 Å². The van der Waals surface area contributed by atoms with Gasteiger partial charge in [0.1, 0.15) is 5.82 Å². The lowest BCUT2D eigenvalue weighted by Gasteiger charge is -2.45. The van der Waals surface area contributed by atoms with Crippen molar-refractivity contribution >= 4 is 15.9 Å². The lowest BCUT2D eigenvalue weighted by atomic mass is 9.63. The van der Waals surface area contributed by atoms with Gasteiger partial charge >= 0.3 is 0 Å². The summed E-state index contributed by atoms with van der Waals surface area (Å²) in [7, 11) is 0. The van der Waals surface area contributed by atoms with Crippen molar-refractivity contribution in [1.82, 2.24) is 0 Å². The molecule has 0 amide bonds. The van der Waals surface area contributed by atoms with Gasteiger partial charge in [-0.15, -0.1) is 0 Å². The normalized spacial score (nSPS) is 22.1. The molecule has 19 heavy (non-hydrogen) atoms. The molecule has 0 aromatic heterocycles. The van der Waals surface area contributed by atoms with Crippen LogP contribution in [0.5, 0.6) is 0 Å². The minimum atomic E-state index is -0.135. The van der Waals surface area contributed by atoms with Crippen molar-refractivity contribution in [3.8, 4) is 0 Å². The highest BCUT2D eigenvalue weighted by Gasteiger charge is 2.39. The molecule has 2 heteroatoms. The van der Waals surface area contributed by atoms with E-state index in [1.54, 1.807) is 12.1 Å². The quantitative estimate of drug-likeness (QED) is 0.640. The Balaban J connectivity index is 1.65. The lowest BCUT2D eigenvalue weighted by Crippen LogP contribution is -2.38. The van der Waals surface area contributed by atoms with Crippen LogP contribution in [0.2, 0.25) is 0 Å². The number of benzene rings is 1. The molecule has 1 unspecified atom stereocenters. The van der Waals surface area contributed by atoms with Crippen LogP contribution in [0.4, 0.5) is 4.39 Å². The molecule has 0 radical (unpaired) electrons. The largest absolute Gasteiger partial charge is 0.207 e. The Morgan fingerprint density at radius 1 is 1.00 bits per heavy atom. The van der Waals surface area contributed by atoms with Gasteiger partial charge in [-0.05, 0) is 41.9 Å². The summed E-state index contributed by atoms with van der Waals surface area (Å²) in [5.74, 6) is 2.59. The Bertz CT molecular complexity index is 392. The highest BCUT2D eigenvalue weighted by molar-refractivity contribution is 9.09. The van der Waals surface area contributed by atoms with Crippen LogP contribution in [-0.4, -0.2) is 4.83 Å². The Labute approximate surface area is 123 Å². The Hall–Kier alpha value is -0.370. The smallest absolute Gasteiger partial charge is 0.123 e. The first kappa shape index (κ1) is 13.6. The second kappa shape index (κ2) is 5.95. The molecule has 0 saturated heterocycles. The molecule has 3 rings (SSSR count). The molecule has 2 aliphatic carbocycles. The van der Waals surface area contributed by atoms with E-state index < -0.39 is 0 Å². The molecule has 0 N–H and O–H groups in total. The van der Waals surface area contributed by atoms with Gasteiger partial charge in [-0.2, -0.15) is 0 Å². The summed E-state index contributed by atoms with van der Waals surface area (Å²) in [6, 6.07) is 7.03. The van der Waals surface area contributed by atoms with Crippen molar-refractivity contribution < 1.29 is 4.39 Å². The molecule has 0 heterocycles. The minimum Gasteiger partial charge on any atom is -0.207 e. The van der Waals surface area contributed by atoms with E-state index >= 15 is 0 Å². The fraction of sp³-hybridized carbons (Fsp3) is 0.647. The van der Waals surface area contributed by atoms with Crippen molar-refractivity contribution in [3.05, 3.63) is 35.6 Å². The van der Waals surface area contributed by atoms with E-state index in [1.807, 2.05) is 12.1 Å². The molecule has 1 aromatic rings. The van der Waals surface area contributed by atoms with Gasteiger partial charge in [0.2, 0.25) is 0 Å². The van der Waals surface area contributed by atoms with E-state index in [0.717, 1.165) is 24.2 Å². The Kier molecular flexibility index (Phi) is 4.26. The predicted molar refractivity (Wildman–Crippen MR) is 81.0 cm³/mol. The summed E-state index contributed by atoms with van der Waals surface area (Å²) in [5.41, 5.74) is 1.26. The molecule has 2 aliphatic rings. The summed E-state index contributed by atoms with van der Waals surface area (Å²) in [6.07, 6.45) is 9.57. The SMILES string of the molecule is Fc1ccc(CC(Br)C(C2CCC2)C2CCC2)cc1. The van der Waals surface area contributed by atoms with Crippen LogP contribution in [-0.2, 0) is 6.42 Å². The van der Waals surface area contributed by atoms with E-state index in [-0.39, 0.29) is 5.82 Å². The molecule has 0 bridgehead atoms. The zero-order chi connectivity index (χ0) is 13.2. The number of hydrogen-bond acceptors (Lipinski definition) is 0. The summed E-state index contributed by atoms with van der Waals surface area (Å²) < 4.78 is 13.0. The topological polar surface area (TPSA) is 0 Å². The van der Waals surface area contributed by atoms with Gasteiger partial charge < -0.3 is 0 Å². The van der Waals surface area contributed by atoms with Gasteiger partial charge in [-0.3, -0.25) is 0 Å². The van der Waals surface area contributed by atoms with Crippen LogP contribution < -0.4 is 0 Å². The third-order valence-corrected chi connectivity index (χ3v) is 6.08. The summed E-state index contributed by atoms with van der Waals surface area (Å²) in [4.78, 5) is 0.563. The number of alkyl halides is 1. The average molecular weight is 325 g/mol. The van der Waals surface area contributed by atoms with Crippen LogP contribution in [0.3, 0.4) is 0 Å². The molecule has 0 aliphatic heterocycles. The highest BCUT2D eigenvalue weighted by Crippen LogP contribution is 2.48. The maximum absolute atomic E-state index is 13.0. The zero-order valence-electron chi connectivity index (χ0n) is 11.3. The fourth-order valence-electron chi connectivity index (χ4n) is 3.61. The zero-order valence-corrected chi connectivity index (χ0v) is 12.9. The van der Waals surface area contributed by atoms with E-state index in [2.05, 4.69) is 15.9 Å². The van der Waals surface area contributed by atoms with Crippen molar-refractivity contribution in [1.29, 1.82) is 0 Å². The summed E-state index contributed by atoms with van der Waals surface area (Å²) in [6.45, 7) is 0. The number of rotatable bonds is 5. The third kappa shape index (κ3) is 3.04. The van der Waals surface area contributed by atoms with Gasteiger partial charge in [0.15, 0.2) is 0 Å². The first-order chi connectivity index (χ1) is 9.24. The van der Waals surface area contributed by atoms with Crippen LogP contribution in [0.1, 0.15) is 44.1 Å². The Morgan fingerprint density at radius 2 is 1.53 bits per heavy atom. The summed E-state index contributed by atoms with van der Waals surface area (Å²) >= 11 is 3.96. The van der Waals surface area contributed by atoms with Gasteiger partial charge in [-0.25, -0.2) is 4.39 Å². The molecule has 1 atom stereocenters. The van der Waals surface area contributed by atoms with Crippen LogP contribution in [0.25, 0.3) is 0 Å². The molecule has 0 nitrogen and oxygen atoms in total. The van der Waals surface area contributed by atoms with Gasteiger partial charge in [0, 0.05) is 4.83 Å². The first-order valence-electron chi connectivity index (χ1n) is 7.62. The molecular weight excluding hydrogens is 303 g/mol. The third-order valence-electron chi connectivity index (χ3n) is 5.15.